The Labute approximate surface area is 103 Å². The fraction of sp³-hybridized carbons (Fsp3) is 0.417. The Bertz CT molecular complexity index is 447. The summed E-state index contributed by atoms with van der Waals surface area (Å²) < 4.78 is 1.16. The van der Waals surface area contributed by atoms with E-state index < -0.39 is 0 Å². The molecule has 16 heavy (non-hydrogen) atoms. The number of hydrogen-bond donors (Lipinski definition) is 1. The third-order valence-electron chi connectivity index (χ3n) is 3.42. The minimum Gasteiger partial charge on any atom is -0.357 e. The Balaban J connectivity index is 2.03. The van der Waals surface area contributed by atoms with Gasteiger partial charge in [0.05, 0.1) is 6.54 Å². The van der Waals surface area contributed by atoms with Gasteiger partial charge >= 0.3 is 0 Å². The summed E-state index contributed by atoms with van der Waals surface area (Å²) in [6.45, 7) is 1.28. The number of halogens is 1. The SMILES string of the molecule is O=C1CN2c3cccc(Br)c3CCC2CN1. The molecule has 0 radical (unpaired) electrons. The number of nitrogens with one attached hydrogen (secondary N) is 1. The standard InChI is InChI=1S/C12H13BrN2O/c13-10-2-1-3-11-9(10)5-4-8-6-14-12(16)7-15(8)11/h1-3,8H,4-7H2,(H,14,16). The summed E-state index contributed by atoms with van der Waals surface area (Å²) >= 11 is 3.59. The van der Waals surface area contributed by atoms with Crippen LogP contribution in [0, 0.1) is 0 Å². The second kappa shape index (κ2) is 3.77. The highest BCUT2D eigenvalue weighted by Gasteiger charge is 2.31. The van der Waals surface area contributed by atoms with E-state index in [1.54, 1.807) is 0 Å². The predicted octanol–water partition coefficient (Wildman–Crippen LogP) is 1.70. The van der Waals surface area contributed by atoms with Crippen LogP contribution in [-0.4, -0.2) is 25.0 Å². The molecule has 4 heteroatoms. The van der Waals surface area contributed by atoms with Crippen LogP contribution in [0.25, 0.3) is 0 Å². The molecule has 1 aromatic carbocycles. The molecule has 1 unspecified atom stereocenters. The van der Waals surface area contributed by atoms with Gasteiger partial charge < -0.3 is 10.2 Å². The summed E-state index contributed by atoms with van der Waals surface area (Å²) in [5, 5.41) is 2.93. The molecule has 1 atom stereocenters. The van der Waals surface area contributed by atoms with E-state index in [1.165, 1.54) is 11.3 Å². The molecule has 1 aromatic rings. The van der Waals surface area contributed by atoms with Crippen LogP contribution >= 0.6 is 15.9 Å². The smallest absolute Gasteiger partial charge is 0.239 e. The van der Waals surface area contributed by atoms with Crippen molar-refractivity contribution in [2.75, 3.05) is 18.0 Å². The van der Waals surface area contributed by atoms with Crippen molar-refractivity contribution in [1.29, 1.82) is 0 Å². The number of carbonyl (C=O) groups excluding carboxylic acids is 1. The number of fused-ring (bicyclic) bond motifs is 3. The molecule has 1 N–H and O–H groups in total. The molecular weight excluding hydrogens is 268 g/mol. The largest absolute Gasteiger partial charge is 0.357 e. The van der Waals surface area contributed by atoms with E-state index in [4.69, 9.17) is 0 Å². The number of anilines is 1. The fourth-order valence-corrected chi connectivity index (χ4v) is 3.15. The Morgan fingerprint density at radius 2 is 2.31 bits per heavy atom. The van der Waals surface area contributed by atoms with Crippen molar-refractivity contribution < 1.29 is 4.79 Å². The first kappa shape index (κ1) is 10.1. The summed E-state index contributed by atoms with van der Waals surface area (Å²) in [7, 11) is 0. The zero-order chi connectivity index (χ0) is 11.1. The molecule has 3 rings (SSSR count). The Hall–Kier alpha value is -1.03. The fourth-order valence-electron chi connectivity index (χ4n) is 2.60. The van der Waals surface area contributed by atoms with Crippen molar-refractivity contribution in [2.45, 2.75) is 18.9 Å². The van der Waals surface area contributed by atoms with Crippen molar-refractivity contribution in [2.24, 2.45) is 0 Å². The van der Waals surface area contributed by atoms with Crippen LogP contribution in [0.5, 0.6) is 0 Å². The number of benzene rings is 1. The quantitative estimate of drug-likeness (QED) is 0.785. The van der Waals surface area contributed by atoms with Gasteiger partial charge in [0.15, 0.2) is 0 Å². The molecule has 2 heterocycles. The second-order valence-electron chi connectivity index (χ2n) is 4.36. The van der Waals surface area contributed by atoms with Crippen molar-refractivity contribution in [3.05, 3.63) is 28.2 Å². The van der Waals surface area contributed by atoms with E-state index in [0.29, 0.717) is 12.6 Å². The maximum absolute atomic E-state index is 11.4. The number of rotatable bonds is 0. The highest BCUT2D eigenvalue weighted by molar-refractivity contribution is 9.10. The first-order valence-electron chi connectivity index (χ1n) is 5.56. The van der Waals surface area contributed by atoms with Gasteiger partial charge in [0, 0.05) is 22.7 Å². The van der Waals surface area contributed by atoms with E-state index in [9.17, 15) is 4.79 Å². The van der Waals surface area contributed by atoms with Gasteiger partial charge in [-0.25, -0.2) is 0 Å². The molecule has 1 saturated heterocycles. The average molecular weight is 281 g/mol. The molecule has 1 fully saturated rings. The summed E-state index contributed by atoms with van der Waals surface area (Å²) in [6, 6.07) is 6.70. The van der Waals surface area contributed by atoms with Crippen LogP contribution in [0.2, 0.25) is 0 Å². The molecule has 1 amide bonds. The van der Waals surface area contributed by atoms with Crippen LogP contribution in [0.15, 0.2) is 22.7 Å². The van der Waals surface area contributed by atoms with E-state index in [0.717, 1.165) is 23.9 Å². The van der Waals surface area contributed by atoms with Gasteiger partial charge in [0.1, 0.15) is 0 Å². The van der Waals surface area contributed by atoms with E-state index in [1.807, 2.05) is 6.07 Å². The monoisotopic (exact) mass is 280 g/mol. The number of piperazine rings is 1. The van der Waals surface area contributed by atoms with Crippen LogP contribution in [0.1, 0.15) is 12.0 Å². The van der Waals surface area contributed by atoms with Crippen LogP contribution in [0.4, 0.5) is 5.69 Å². The lowest BCUT2D eigenvalue weighted by molar-refractivity contribution is -0.120. The molecule has 2 aliphatic heterocycles. The molecule has 0 bridgehead atoms. The van der Waals surface area contributed by atoms with Crippen LogP contribution in [0.3, 0.4) is 0 Å². The van der Waals surface area contributed by atoms with E-state index >= 15 is 0 Å². The van der Waals surface area contributed by atoms with Crippen LogP contribution in [-0.2, 0) is 11.2 Å². The molecule has 3 nitrogen and oxygen atoms in total. The first-order chi connectivity index (χ1) is 7.75. The zero-order valence-electron chi connectivity index (χ0n) is 8.87. The maximum Gasteiger partial charge on any atom is 0.239 e. The molecule has 2 aliphatic rings. The number of hydrogen-bond acceptors (Lipinski definition) is 2. The third kappa shape index (κ3) is 1.52. The van der Waals surface area contributed by atoms with E-state index in [-0.39, 0.29) is 5.91 Å². The summed E-state index contributed by atoms with van der Waals surface area (Å²) in [5.74, 6) is 0.129. The summed E-state index contributed by atoms with van der Waals surface area (Å²) in [6.07, 6.45) is 2.21. The second-order valence-corrected chi connectivity index (χ2v) is 5.22. The van der Waals surface area contributed by atoms with Crippen molar-refractivity contribution in [1.82, 2.24) is 5.32 Å². The van der Waals surface area contributed by atoms with Gasteiger partial charge in [-0.05, 0) is 30.5 Å². The predicted molar refractivity (Wildman–Crippen MR) is 66.6 cm³/mol. The lowest BCUT2D eigenvalue weighted by atomic mass is 9.94. The molecular formula is C12H13BrN2O. The lowest BCUT2D eigenvalue weighted by Crippen LogP contribution is -2.56. The van der Waals surface area contributed by atoms with Gasteiger partial charge in [0.25, 0.3) is 0 Å². The van der Waals surface area contributed by atoms with Crippen molar-refractivity contribution >= 4 is 27.5 Å². The average Bonchev–Trinajstić information content (AvgIpc) is 2.29. The molecule has 0 aromatic heterocycles. The maximum atomic E-state index is 11.4. The lowest BCUT2D eigenvalue weighted by Gasteiger charge is -2.41. The topological polar surface area (TPSA) is 32.3 Å². The molecule has 0 saturated carbocycles. The highest BCUT2D eigenvalue weighted by atomic mass is 79.9. The highest BCUT2D eigenvalue weighted by Crippen LogP contribution is 2.35. The minimum atomic E-state index is 0.129. The third-order valence-corrected chi connectivity index (χ3v) is 4.16. The molecule has 0 aliphatic carbocycles. The van der Waals surface area contributed by atoms with Gasteiger partial charge in [-0.15, -0.1) is 0 Å². The van der Waals surface area contributed by atoms with E-state index in [2.05, 4.69) is 38.3 Å². The summed E-state index contributed by atoms with van der Waals surface area (Å²) in [4.78, 5) is 13.7. The number of carbonyl (C=O) groups is 1. The normalized spacial score (nSPS) is 23.4. The first-order valence-corrected chi connectivity index (χ1v) is 6.36. The Morgan fingerprint density at radius 1 is 1.44 bits per heavy atom. The van der Waals surface area contributed by atoms with Gasteiger partial charge in [-0.1, -0.05) is 22.0 Å². The van der Waals surface area contributed by atoms with Crippen molar-refractivity contribution in [3.63, 3.8) is 0 Å². The minimum absolute atomic E-state index is 0.129. The molecule has 84 valence electrons. The zero-order valence-corrected chi connectivity index (χ0v) is 10.5. The van der Waals surface area contributed by atoms with Gasteiger partial charge in [0.2, 0.25) is 5.91 Å². The number of nitrogens with zero attached hydrogens (tertiary/aromatic N) is 1. The van der Waals surface area contributed by atoms with Gasteiger partial charge in [-0.3, -0.25) is 4.79 Å². The van der Waals surface area contributed by atoms with Crippen LogP contribution < -0.4 is 10.2 Å². The van der Waals surface area contributed by atoms with Gasteiger partial charge in [-0.2, -0.15) is 0 Å². The molecule has 0 spiro atoms. The van der Waals surface area contributed by atoms with Crippen molar-refractivity contribution in [3.8, 4) is 0 Å². The number of amides is 1. The summed E-state index contributed by atoms with van der Waals surface area (Å²) in [5.41, 5.74) is 2.56. The Morgan fingerprint density at radius 3 is 3.19 bits per heavy atom. The Kier molecular flexibility index (Phi) is 2.39.